The number of ether oxygens (including phenoxy) is 2. The third-order valence-corrected chi connectivity index (χ3v) is 6.33. The van der Waals surface area contributed by atoms with Crippen LogP contribution < -0.4 is 4.74 Å². The standard InChI is InChI=1S/C25H30N4O3S/c1-4-32-24(30)20-6-5-15-27(16-20)17-28-25(33)29(21-11-7-18(2)8-12-21)23(26-28)19-9-13-22(31-3)14-10-19/h7-14,20H,4-6,15-17H2,1-3H3/t20-/m0/s1. The molecule has 0 amide bonds. The van der Waals surface area contributed by atoms with Gasteiger partial charge in [-0.2, -0.15) is 0 Å². The van der Waals surface area contributed by atoms with Crippen molar-refractivity contribution >= 4 is 18.2 Å². The van der Waals surface area contributed by atoms with Crippen molar-refractivity contribution in [2.45, 2.75) is 33.4 Å². The maximum atomic E-state index is 12.3. The first kappa shape index (κ1) is 23.2. The van der Waals surface area contributed by atoms with Gasteiger partial charge < -0.3 is 9.47 Å². The highest BCUT2D eigenvalue weighted by atomic mass is 32.1. The maximum Gasteiger partial charge on any atom is 0.310 e. The Morgan fingerprint density at radius 3 is 2.55 bits per heavy atom. The van der Waals surface area contributed by atoms with E-state index in [9.17, 15) is 4.79 Å². The average Bonchev–Trinajstić information content (AvgIpc) is 3.16. The Balaban J connectivity index is 1.68. The smallest absolute Gasteiger partial charge is 0.310 e. The molecule has 4 rings (SSSR count). The molecule has 0 N–H and O–H groups in total. The minimum atomic E-state index is -0.116. The van der Waals surface area contributed by atoms with Crippen LogP contribution in [-0.2, 0) is 16.2 Å². The number of rotatable bonds is 7. The van der Waals surface area contributed by atoms with Crippen LogP contribution in [0.3, 0.4) is 0 Å². The van der Waals surface area contributed by atoms with E-state index in [-0.39, 0.29) is 11.9 Å². The predicted molar refractivity (Wildman–Crippen MR) is 130 cm³/mol. The second-order valence-electron chi connectivity index (χ2n) is 8.31. The molecule has 0 radical (unpaired) electrons. The number of methoxy groups -OCH3 is 1. The highest BCUT2D eigenvalue weighted by Gasteiger charge is 2.27. The summed E-state index contributed by atoms with van der Waals surface area (Å²) in [6, 6.07) is 16.1. The van der Waals surface area contributed by atoms with E-state index in [1.165, 1.54) is 5.56 Å². The van der Waals surface area contributed by atoms with Crippen molar-refractivity contribution in [3.05, 3.63) is 58.9 Å². The lowest BCUT2D eigenvalue weighted by molar-refractivity contribution is -0.150. The van der Waals surface area contributed by atoms with Crippen LogP contribution in [0.4, 0.5) is 0 Å². The number of hydrogen-bond acceptors (Lipinski definition) is 6. The fourth-order valence-electron chi connectivity index (χ4n) is 4.18. The number of aryl methyl sites for hydroxylation is 1. The molecule has 0 bridgehead atoms. The van der Waals surface area contributed by atoms with Gasteiger partial charge in [-0.15, -0.1) is 5.10 Å². The van der Waals surface area contributed by atoms with Gasteiger partial charge in [-0.1, -0.05) is 17.7 Å². The number of piperidine rings is 1. The Morgan fingerprint density at radius 1 is 1.15 bits per heavy atom. The van der Waals surface area contributed by atoms with Crippen LogP contribution in [0.25, 0.3) is 17.1 Å². The van der Waals surface area contributed by atoms with Gasteiger partial charge >= 0.3 is 5.97 Å². The van der Waals surface area contributed by atoms with Gasteiger partial charge in [-0.05, 0) is 81.8 Å². The summed E-state index contributed by atoms with van der Waals surface area (Å²) >= 11 is 5.89. The van der Waals surface area contributed by atoms with Gasteiger partial charge in [-0.3, -0.25) is 14.3 Å². The van der Waals surface area contributed by atoms with Gasteiger partial charge in [0.1, 0.15) is 5.75 Å². The van der Waals surface area contributed by atoms with Gasteiger partial charge in [0.15, 0.2) is 5.82 Å². The van der Waals surface area contributed by atoms with E-state index >= 15 is 0 Å². The molecule has 1 atom stereocenters. The van der Waals surface area contributed by atoms with Crippen LogP contribution >= 0.6 is 12.2 Å². The Hall–Kier alpha value is -2.97. The summed E-state index contributed by atoms with van der Waals surface area (Å²) in [5, 5.41) is 4.91. The fraction of sp³-hybridized carbons (Fsp3) is 0.400. The Kier molecular flexibility index (Phi) is 7.25. The minimum absolute atomic E-state index is 0.104. The van der Waals surface area contributed by atoms with E-state index in [1.54, 1.807) is 7.11 Å². The number of benzene rings is 2. The molecule has 1 aliphatic rings. The Bertz CT molecular complexity index is 1150. The van der Waals surface area contributed by atoms with Crippen molar-refractivity contribution in [2.75, 3.05) is 26.8 Å². The molecule has 0 unspecified atom stereocenters. The first-order chi connectivity index (χ1) is 16.0. The number of carbonyl (C=O) groups is 1. The summed E-state index contributed by atoms with van der Waals surface area (Å²) in [7, 11) is 1.65. The first-order valence-electron chi connectivity index (χ1n) is 11.3. The molecule has 8 heteroatoms. The molecule has 1 saturated heterocycles. The van der Waals surface area contributed by atoms with E-state index in [0.29, 0.717) is 24.6 Å². The molecule has 33 heavy (non-hydrogen) atoms. The van der Waals surface area contributed by atoms with Crippen molar-refractivity contribution in [2.24, 2.45) is 5.92 Å². The van der Waals surface area contributed by atoms with Gasteiger partial charge in [0, 0.05) is 17.8 Å². The van der Waals surface area contributed by atoms with Crippen LogP contribution in [0.5, 0.6) is 5.75 Å². The molecular formula is C25H30N4O3S. The van der Waals surface area contributed by atoms with Crippen molar-refractivity contribution in [1.29, 1.82) is 0 Å². The van der Waals surface area contributed by atoms with Crippen molar-refractivity contribution in [3.8, 4) is 22.8 Å². The largest absolute Gasteiger partial charge is 0.497 e. The van der Waals surface area contributed by atoms with E-state index in [1.807, 2.05) is 40.4 Å². The molecule has 0 saturated carbocycles. The second kappa shape index (κ2) is 10.3. The summed E-state index contributed by atoms with van der Waals surface area (Å²) in [5.41, 5.74) is 3.09. The fourth-order valence-corrected chi connectivity index (χ4v) is 4.47. The normalized spacial score (nSPS) is 16.5. The van der Waals surface area contributed by atoms with Crippen LogP contribution in [0.15, 0.2) is 48.5 Å². The summed E-state index contributed by atoms with van der Waals surface area (Å²) in [5.74, 6) is 1.34. The van der Waals surface area contributed by atoms with E-state index in [4.69, 9.17) is 26.8 Å². The lowest BCUT2D eigenvalue weighted by atomic mass is 9.99. The van der Waals surface area contributed by atoms with E-state index < -0.39 is 0 Å². The third-order valence-electron chi connectivity index (χ3n) is 5.94. The van der Waals surface area contributed by atoms with E-state index in [2.05, 4.69) is 36.1 Å². The topological polar surface area (TPSA) is 61.5 Å². The lowest BCUT2D eigenvalue weighted by Crippen LogP contribution is -2.40. The predicted octanol–water partition coefficient (Wildman–Crippen LogP) is 4.62. The third kappa shape index (κ3) is 5.17. The monoisotopic (exact) mass is 466 g/mol. The molecule has 1 fully saturated rings. The number of hydrogen-bond donors (Lipinski definition) is 0. The van der Waals surface area contributed by atoms with Gasteiger partial charge in [0.05, 0.1) is 26.3 Å². The molecule has 2 aromatic carbocycles. The van der Waals surface area contributed by atoms with Crippen LogP contribution in [-0.4, -0.2) is 52.0 Å². The zero-order valence-corrected chi connectivity index (χ0v) is 20.2. The van der Waals surface area contributed by atoms with Gasteiger partial charge in [0.2, 0.25) is 4.77 Å². The number of aromatic nitrogens is 3. The second-order valence-corrected chi connectivity index (χ2v) is 8.68. The Labute approximate surface area is 199 Å². The van der Waals surface area contributed by atoms with Crippen molar-refractivity contribution < 1.29 is 14.3 Å². The zero-order valence-electron chi connectivity index (χ0n) is 19.4. The van der Waals surface area contributed by atoms with Crippen molar-refractivity contribution in [3.63, 3.8) is 0 Å². The summed E-state index contributed by atoms with van der Waals surface area (Å²) in [6.45, 7) is 6.38. The summed E-state index contributed by atoms with van der Waals surface area (Å²) in [6.07, 6.45) is 1.80. The Morgan fingerprint density at radius 2 is 1.88 bits per heavy atom. The summed E-state index contributed by atoms with van der Waals surface area (Å²) in [4.78, 5) is 14.5. The van der Waals surface area contributed by atoms with Crippen LogP contribution in [0.1, 0.15) is 25.3 Å². The quantitative estimate of drug-likeness (QED) is 0.374. The SMILES string of the molecule is CCOC(=O)[C@H]1CCCN(Cn2nc(-c3ccc(OC)cc3)n(-c3ccc(C)cc3)c2=S)C1. The number of likely N-dealkylation sites (tertiary alicyclic amines) is 1. The van der Waals surface area contributed by atoms with E-state index in [0.717, 1.165) is 42.2 Å². The number of carbonyl (C=O) groups excluding carboxylic acids is 1. The highest BCUT2D eigenvalue weighted by molar-refractivity contribution is 7.71. The molecule has 174 valence electrons. The summed E-state index contributed by atoms with van der Waals surface area (Å²) < 4.78 is 15.0. The molecule has 1 aromatic heterocycles. The van der Waals surface area contributed by atoms with Crippen LogP contribution in [0.2, 0.25) is 0 Å². The lowest BCUT2D eigenvalue weighted by Gasteiger charge is -2.31. The number of nitrogens with zero attached hydrogens (tertiary/aromatic N) is 4. The molecule has 2 heterocycles. The van der Waals surface area contributed by atoms with Crippen molar-refractivity contribution in [1.82, 2.24) is 19.2 Å². The maximum absolute atomic E-state index is 12.3. The van der Waals surface area contributed by atoms with Gasteiger partial charge in [0.25, 0.3) is 0 Å². The zero-order chi connectivity index (χ0) is 23.4. The highest BCUT2D eigenvalue weighted by Crippen LogP contribution is 2.26. The molecule has 1 aliphatic heterocycles. The molecule has 7 nitrogen and oxygen atoms in total. The molecule has 0 aliphatic carbocycles. The number of esters is 1. The minimum Gasteiger partial charge on any atom is -0.497 e. The van der Waals surface area contributed by atoms with Crippen LogP contribution in [0, 0.1) is 17.6 Å². The molecule has 0 spiro atoms. The van der Waals surface area contributed by atoms with Gasteiger partial charge in [-0.25, -0.2) is 4.68 Å². The first-order valence-corrected chi connectivity index (χ1v) is 11.7. The average molecular weight is 467 g/mol. The molecular weight excluding hydrogens is 436 g/mol. The molecule has 3 aromatic rings.